The summed E-state index contributed by atoms with van der Waals surface area (Å²) in [5.41, 5.74) is 8.53. The molecule has 2 heterocycles. The van der Waals surface area contributed by atoms with Crippen LogP contribution >= 0.6 is 0 Å². The Balaban J connectivity index is 1.84. The van der Waals surface area contributed by atoms with Crippen LogP contribution in [0.3, 0.4) is 0 Å². The van der Waals surface area contributed by atoms with E-state index in [1.807, 2.05) is 11.8 Å². The first-order valence-corrected chi connectivity index (χ1v) is 10.0. The van der Waals surface area contributed by atoms with E-state index in [1.165, 1.54) is 12.1 Å². The number of pyridine rings is 1. The van der Waals surface area contributed by atoms with E-state index >= 15 is 0 Å². The zero-order valence-electron chi connectivity index (χ0n) is 16.8. The maximum atomic E-state index is 14.0. The molecule has 1 aliphatic heterocycles. The van der Waals surface area contributed by atoms with Crippen LogP contribution in [0, 0.1) is 24.5 Å². The van der Waals surface area contributed by atoms with E-state index < -0.39 is 17.2 Å². The van der Waals surface area contributed by atoms with Gasteiger partial charge in [-0.2, -0.15) is 0 Å². The van der Waals surface area contributed by atoms with Crippen molar-refractivity contribution in [2.75, 3.05) is 24.5 Å². The molecule has 3 N–H and O–H groups in total. The Morgan fingerprint density at radius 1 is 1.31 bits per heavy atom. The minimum absolute atomic E-state index is 0.219. The van der Waals surface area contributed by atoms with Gasteiger partial charge in [-0.15, -0.1) is 0 Å². The van der Waals surface area contributed by atoms with Gasteiger partial charge in [-0.25, -0.2) is 8.78 Å². The smallest absolute Gasteiger partial charge is 0.254 e. The van der Waals surface area contributed by atoms with Crippen LogP contribution in [0.15, 0.2) is 24.4 Å². The summed E-state index contributed by atoms with van der Waals surface area (Å²) in [6, 6.07) is 3.39. The van der Waals surface area contributed by atoms with Crippen molar-refractivity contribution in [2.24, 2.45) is 11.7 Å². The maximum Gasteiger partial charge on any atom is 0.254 e. The average Bonchev–Trinajstić information content (AvgIpc) is 3.40. The fourth-order valence-electron chi connectivity index (χ4n) is 3.96. The molecule has 154 valence electrons. The van der Waals surface area contributed by atoms with Gasteiger partial charge in [-0.3, -0.25) is 9.78 Å². The molecule has 1 saturated heterocycles. The van der Waals surface area contributed by atoms with E-state index in [0.29, 0.717) is 53.6 Å². The number of nitrogens with zero attached hydrogens (tertiary/aromatic N) is 2. The molecule has 2 aromatic rings. The lowest BCUT2D eigenvalue weighted by Gasteiger charge is -2.27. The second-order valence-corrected chi connectivity index (χ2v) is 8.62. The molecule has 1 aromatic carbocycles. The highest BCUT2D eigenvalue weighted by Crippen LogP contribution is 2.39. The molecular weight excluding hydrogens is 374 g/mol. The topological polar surface area (TPSA) is 71.2 Å². The predicted octanol–water partition coefficient (Wildman–Crippen LogP) is 3.40. The van der Waals surface area contributed by atoms with E-state index in [9.17, 15) is 13.6 Å². The van der Waals surface area contributed by atoms with Crippen molar-refractivity contribution in [2.45, 2.75) is 38.6 Å². The third-order valence-electron chi connectivity index (χ3n) is 5.71. The van der Waals surface area contributed by atoms with Crippen LogP contribution in [0.5, 0.6) is 0 Å². The van der Waals surface area contributed by atoms with Crippen molar-refractivity contribution < 1.29 is 13.6 Å². The number of nitrogens with two attached hydrogens (primary N) is 1. The molecule has 2 fully saturated rings. The van der Waals surface area contributed by atoms with Crippen LogP contribution < -0.4 is 16.0 Å². The lowest BCUT2D eigenvalue weighted by molar-refractivity contribution is 0.0952. The molecule has 1 atom stereocenters. The van der Waals surface area contributed by atoms with Crippen molar-refractivity contribution in [3.63, 3.8) is 0 Å². The monoisotopic (exact) mass is 400 g/mol. The zero-order valence-corrected chi connectivity index (χ0v) is 16.8. The van der Waals surface area contributed by atoms with Crippen LogP contribution in [-0.4, -0.2) is 36.1 Å². The van der Waals surface area contributed by atoms with Gasteiger partial charge in [0.15, 0.2) is 0 Å². The van der Waals surface area contributed by atoms with Gasteiger partial charge in [0.1, 0.15) is 11.6 Å². The van der Waals surface area contributed by atoms with Crippen LogP contribution in [0.25, 0.3) is 11.1 Å². The van der Waals surface area contributed by atoms with Gasteiger partial charge in [-0.05, 0) is 56.7 Å². The summed E-state index contributed by atoms with van der Waals surface area (Å²) >= 11 is 0. The van der Waals surface area contributed by atoms with Crippen LogP contribution in [-0.2, 0) is 0 Å². The third-order valence-corrected chi connectivity index (χ3v) is 5.71. The third kappa shape index (κ3) is 4.24. The molecule has 5 nitrogen and oxygen atoms in total. The summed E-state index contributed by atoms with van der Waals surface area (Å²) in [6.45, 7) is 5.58. The summed E-state index contributed by atoms with van der Waals surface area (Å²) in [5, 5.41) is 2.98. The average molecular weight is 400 g/mol. The highest BCUT2D eigenvalue weighted by atomic mass is 19.1. The van der Waals surface area contributed by atoms with E-state index in [4.69, 9.17) is 5.73 Å². The molecule has 4 rings (SSSR count). The number of carbonyl (C=O) groups is 1. The fourth-order valence-corrected chi connectivity index (χ4v) is 3.96. The van der Waals surface area contributed by atoms with Gasteiger partial charge in [0.25, 0.3) is 5.91 Å². The maximum absolute atomic E-state index is 14.0. The number of rotatable bonds is 5. The Kier molecular flexibility index (Phi) is 5.02. The first-order valence-electron chi connectivity index (χ1n) is 10.0. The minimum Gasteiger partial charge on any atom is -0.368 e. The number of benzene rings is 1. The Bertz CT molecular complexity index is 936. The second-order valence-electron chi connectivity index (χ2n) is 8.62. The lowest BCUT2D eigenvalue weighted by Crippen LogP contribution is -2.40. The van der Waals surface area contributed by atoms with Crippen molar-refractivity contribution in [1.82, 2.24) is 10.3 Å². The lowest BCUT2D eigenvalue weighted by atomic mass is 9.97. The number of aromatic nitrogens is 1. The van der Waals surface area contributed by atoms with Crippen molar-refractivity contribution >= 4 is 11.6 Å². The summed E-state index contributed by atoms with van der Waals surface area (Å²) in [7, 11) is 0. The largest absolute Gasteiger partial charge is 0.368 e. The molecule has 29 heavy (non-hydrogen) atoms. The summed E-state index contributed by atoms with van der Waals surface area (Å²) < 4.78 is 28.0. The Labute approximate surface area is 169 Å². The Morgan fingerprint density at radius 2 is 2.00 bits per heavy atom. The molecule has 1 aliphatic carbocycles. The van der Waals surface area contributed by atoms with Gasteiger partial charge in [0, 0.05) is 48.7 Å². The number of anilines is 1. The van der Waals surface area contributed by atoms with Gasteiger partial charge in [0.05, 0.1) is 11.3 Å². The zero-order chi connectivity index (χ0) is 20.8. The summed E-state index contributed by atoms with van der Waals surface area (Å²) in [6.07, 6.45) is 4.57. The van der Waals surface area contributed by atoms with E-state index in [-0.39, 0.29) is 5.91 Å². The fraction of sp³-hybridized carbons (Fsp3) is 0.455. The van der Waals surface area contributed by atoms with Crippen LogP contribution in [0.2, 0.25) is 0 Å². The number of aryl methyl sites for hydroxylation is 1. The molecular formula is C22H26F2N4O. The normalized spacial score (nSPS) is 21.5. The number of hydrogen-bond donors (Lipinski definition) is 2. The van der Waals surface area contributed by atoms with Gasteiger partial charge in [0.2, 0.25) is 0 Å². The molecule has 2 aliphatic rings. The molecule has 1 aromatic heterocycles. The minimum atomic E-state index is -0.668. The Hall–Kier alpha value is -2.54. The molecule has 0 radical (unpaired) electrons. The molecule has 7 heteroatoms. The first kappa shape index (κ1) is 19.8. The second kappa shape index (κ2) is 7.37. The van der Waals surface area contributed by atoms with Crippen LogP contribution in [0.4, 0.5) is 14.5 Å². The SMILES string of the molecule is Cc1ncc(C(=O)NCC2CC2)c(N2CC[C@](C)(N)C2)c1-c1cc(F)cc(F)c1. The molecule has 1 saturated carbocycles. The standard InChI is InChI=1S/C22H26F2N4O/c1-13-19(15-7-16(23)9-17(24)8-15)20(28-6-5-22(2,25)12-28)18(11-26-13)21(29)27-10-14-3-4-14/h7-9,11,14H,3-6,10,12,25H2,1-2H3,(H,27,29)/t22-/m0/s1. The Morgan fingerprint density at radius 3 is 2.59 bits per heavy atom. The van der Waals surface area contributed by atoms with E-state index in [0.717, 1.165) is 25.3 Å². The number of hydrogen-bond acceptors (Lipinski definition) is 4. The summed E-state index contributed by atoms with van der Waals surface area (Å²) in [4.78, 5) is 19.4. The quantitative estimate of drug-likeness (QED) is 0.807. The first-order chi connectivity index (χ1) is 13.7. The van der Waals surface area contributed by atoms with Crippen molar-refractivity contribution in [3.8, 4) is 11.1 Å². The van der Waals surface area contributed by atoms with Gasteiger partial charge in [-0.1, -0.05) is 0 Å². The molecule has 0 bridgehead atoms. The molecule has 0 unspecified atom stereocenters. The van der Waals surface area contributed by atoms with E-state index in [2.05, 4.69) is 10.3 Å². The van der Waals surface area contributed by atoms with E-state index in [1.54, 1.807) is 13.1 Å². The predicted molar refractivity (Wildman–Crippen MR) is 109 cm³/mol. The van der Waals surface area contributed by atoms with Crippen molar-refractivity contribution in [1.29, 1.82) is 0 Å². The highest BCUT2D eigenvalue weighted by molar-refractivity contribution is 6.03. The highest BCUT2D eigenvalue weighted by Gasteiger charge is 2.34. The molecule has 0 spiro atoms. The van der Waals surface area contributed by atoms with Gasteiger partial charge >= 0.3 is 0 Å². The molecule has 1 amide bonds. The number of nitrogens with one attached hydrogen (secondary N) is 1. The number of amides is 1. The number of carbonyl (C=O) groups excluding carboxylic acids is 1. The van der Waals surface area contributed by atoms with Crippen LogP contribution in [0.1, 0.15) is 42.2 Å². The number of halogens is 2. The summed E-state index contributed by atoms with van der Waals surface area (Å²) in [5.74, 6) is -1.02. The van der Waals surface area contributed by atoms with Crippen molar-refractivity contribution in [3.05, 3.63) is 47.3 Å². The van der Waals surface area contributed by atoms with Gasteiger partial charge < -0.3 is 16.0 Å².